The van der Waals surface area contributed by atoms with Crippen molar-refractivity contribution in [1.82, 2.24) is 4.98 Å². The van der Waals surface area contributed by atoms with Crippen LogP contribution in [0.4, 0.5) is 13.2 Å². The molecule has 9 heteroatoms. The molecular formula is C6H4ClF3N2O2S. The lowest BCUT2D eigenvalue weighted by molar-refractivity contribution is -0.137. The van der Waals surface area contributed by atoms with Crippen LogP contribution in [0.25, 0.3) is 0 Å². The van der Waals surface area contributed by atoms with E-state index in [1.807, 2.05) is 0 Å². The molecule has 0 atom stereocenters. The molecule has 2 N–H and O–H groups in total. The van der Waals surface area contributed by atoms with Crippen molar-refractivity contribution in [2.75, 3.05) is 0 Å². The number of halogens is 4. The van der Waals surface area contributed by atoms with Crippen LogP contribution in [0.1, 0.15) is 5.56 Å². The van der Waals surface area contributed by atoms with E-state index in [1.165, 1.54) is 0 Å². The van der Waals surface area contributed by atoms with Crippen LogP contribution < -0.4 is 5.14 Å². The maximum Gasteiger partial charge on any atom is 0.417 e. The van der Waals surface area contributed by atoms with E-state index in [4.69, 9.17) is 11.6 Å². The summed E-state index contributed by atoms with van der Waals surface area (Å²) in [4.78, 5) is 3.05. The van der Waals surface area contributed by atoms with E-state index >= 15 is 0 Å². The molecule has 0 aliphatic heterocycles. The summed E-state index contributed by atoms with van der Waals surface area (Å²) >= 11 is 5.30. The first-order valence-electron chi connectivity index (χ1n) is 3.38. The molecule has 0 unspecified atom stereocenters. The Balaban J connectivity index is 3.34. The van der Waals surface area contributed by atoms with Gasteiger partial charge in [-0.15, -0.1) is 0 Å². The van der Waals surface area contributed by atoms with Crippen molar-refractivity contribution in [1.29, 1.82) is 0 Å². The van der Waals surface area contributed by atoms with Crippen molar-refractivity contribution in [3.8, 4) is 0 Å². The van der Waals surface area contributed by atoms with Crippen LogP contribution in [0, 0.1) is 0 Å². The van der Waals surface area contributed by atoms with Crippen molar-refractivity contribution >= 4 is 21.6 Å². The fraction of sp³-hybridized carbons (Fsp3) is 0.167. The van der Waals surface area contributed by atoms with E-state index in [0.717, 1.165) is 0 Å². The molecule has 0 bridgehead atoms. The van der Waals surface area contributed by atoms with Gasteiger partial charge in [0.25, 0.3) is 10.0 Å². The zero-order valence-corrected chi connectivity index (χ0v) is 8.49. The largest absolute Gasteiger partial charge is 0.417 e. The Bertz CT molecular complexity index is 486. The molecule has 4 nitrogen and oxygen atoms in total. The fourth-order valence-electron chi connectivity index (χ4n) is 0.790. The Morgan fingerprint density at radius 3 is 2.27 bits per heavy atom. The van der Waals surface area contributed by atoms with E-state index < -0.39 is 31.8 Å². The van der Waals surface area contributed by atoms with Crippen molar-refractivity contribution < 1.29 is 21.6 Å². The Labute approximate surface area is 87.9 Å². The maximum absolute atomic E-state index is 12.1. The zero-order chi connectivity index (χ0) is 11.9. The molecule has 84 valence electrons. The van der Waals surface area contributed by atoms with Gasteiger partial charge >= 0.3 is 6.18 Å². The van der Waals surface area contributed by atoms with Gasteiger partial charge in [-0.05, 0) is 6.07 Å². The number of hydrogen-bond donors (Lipinski definition) is 1. The Morgan fingerprint density at radius 1 is 1.40 bits per heavy atom. The molecule has 1 aromatic rings. The van der Waals surface area contributed by atoms with Gasteiger partial charge in [0.2, 0.25) is 0 Å². The smallest absolute Gasteiger partial charge is 0.242 e. The van der Waals surface area contributed by atoms with E-state index in [-0.39, 0.29) is 0 Å². The number of nitrogens with zero attached hydrogens (tertiary/aromatic N) is 1. The van der Waals surface area contributed by atoms with Crippen LogP contribution in [-0.2, 0) is 16.2 Å². The predicted molar refractivity (Wildman–Crippen MR) is 45.6 cm³/mol. The van der Waals surface area contributed by atoms with Crippen molar-refractivity contribution in [2.45, 2.75) is 11.2 Å². The van der Waals surface area contributed by atoms with Gasteiger partial charge in [0.15, 0.2) is 5.03 Å². The second-order valence-corrected chi connectivity index (χ2v) is 4.44. The maximum atomic E-state index is 12.1. The summed E-state index contributed by atoms with van der Waals surface area (Å²) in [7, 11) is -4.21. The number of aromatic nitrogens is 1. The van der Waals surface area contributed by atoms with Crippen molar-refractivity contribution in [3.05, 3.63) is 22.8 Å². The summed E-state index contributed by atoms with van der Waals surface area (Å²) in [5.41, 5.74) is -1.14. The molecule has 0 aromatic carbocycles. The first kappa shape index (κ1) is 12.2. The first-order valence-corrected chi connectivity index (χ1v) is 5.30. The molecule has 15 heavy (non-hydrogen) atoms. The molecule has 1 aromatic heterocycles. The molecule has 1 heterocycles. The minimum atomic E-state index is -4.63. The molecular weight excluding hydrogens is 257 g/mol. The highest BCUT2D eigenvalue weighted by Gasteiger charge is 2.32. The summed E-state index contributed by atoms with van der Waals surface area (Å²) in [5, 5.41) is 3.22. The van der Waals surface area contributed by atoms with Crippen LogP contribution in [-0.4, -0.2) is 13.4 Å². The monoisotopic (exact) mass is 260 g/mol. The van der Waals surface area contributed by atoms with Gasteiger partial charge in [-0.1, -0.05) is 11.6 Å². The van der Waals surface area contributed by atoms with E-state index in [1.54, 1.807) is 0 Å². The Morgan fingerprint density at radius 2 is 1.93 bits per heavy atom. The molecule has 0 saturated heterocycles. The van der Waals surface area contributed by atoms with Crippen LogP contribution >= 0.6 is 11.6 Å². The minimum Gasteiger partial charge on any atom is -0.242 e. The van der Waals surface area contributed by atoms with Crippen molar-refractivity contribution in [3.63, 3.8) is 0 Å². The lowest BCUT2D eigenvalue weighted by atomic mass is 10.3. The molecule has 1 rings (SSSR count). The topological polar surface area (TPSA) is 73.1 Å². The molecule has 0 fully saturated rings. The second kappa shape index (κ2) is 3.62. The summed E-state index contributed by atoms with van der Waals surface area (Å²) in [6.07, 6.45) is -4.28. The molecule has 0 aliphatic carbocycles. The van der Waals surface area contributed by atoms with Crippen LogP contribution in [0.5, 0.6) is 0 Å². The molecule has 0 aliphatic rings. The van der Waals surface area contributed by atoms with E-state index in [2.05, 4.69) is 10.1 Å². The highest BCUT2D eigenvalue weighted by atomic mass is 35.5. The summed E-state index contributed by atoms with van der Waals surface area (Å²) in [6, 6.07) is 0.453. The first-order chi connectivity index (χ1) is 6.62. The van der Waals surface area contributed by atoms with Gasteiger partial charge in [-0.3, -0.25) is 0 Å². The molecule has 0 saturated carbocycles. The van der Waals surface area contributed by atoms with Crippen molar-refractivity contribution in [2.24, 2.45) is 5.14 Å². The van der Waals surface area contributed by atoms with Gasteiger partial charge in [0.05, 0.1) is 10.6 Å². The standard InChI is InChI=1S/C6H4ClF3N2O2S/c7-4-1-3(6(8,9)10)2-12-5(4)15(11,13)14/h1-2H,(H2,11,13,14). The van der Waals surface area contributed by atoms with Gasteiger partial charge in [-0.25, -0.2) is 18.5 Å². The molecule has 0 radical (unpaired) electrons. The predicted octanol–water partition coefficient (Wildman–Crippen LogP) is 1.40. The highest BCUT2D eigenvalue weighted by molar-refractivity contribution is 7.89. The number of nitrogens with two attached hydrogens (primary N) is 1. The van der Waals surface area contributed by atoms with Gasteiger partial charge < -0.3 is 0 Å². The van der Waals surface area contributed by atoms with E-state index in [0.29, 0.717) is 12.3 Å². The average Bonchev–Trinajstić information content (AvgIpc) is 1.99. The summed E-state index contributed by atoms with van der Waals surface area (Å²) in [6.45, 7) is 0. The SMILES string of the molecule is NS(=O)(=O)c1ncc(C(F)(F)F)cc1Cl. The number of primary sulfonamides is 1. The lowest BCUT2D eigenvalue weighted by Gasteiger charge is -2.07. The molecule has 0 amide bonds. The third-order valence-corrected chi connectivity index (χ3v) is 2.67. The lowest BCUT2D eigenvalue weighted by Crippen LogP contribution is -2.16. The fourth-order valence-corrected chi connectivity index (χ4v) is 1.81. The number of sulfonamides is 1. The van der Waals surface area contributed by atoms with E-state index in [9.17, 15) is 21.6 Å². The number of pyridine rings is 1. The number of hydrogen-bond acceptors (Lipinski definition) is 3. The average molecular weight is 261 g/mol. The number of alkyl halides is 3. The van der Waals surface area contributed by atoms with Gasteiger partial charge in [0.1, 0.15) is 0 Å². The third-order valence-electron chi connectivity index (χ3n) is 1.40. The second-order valence-electron chi connectivity index (χ2n) is 2.55. The van der Waals surface area contributed by atoms with Gasteiger partial charge in [-0.2, -0.15) is 13.2 Å². The summed E-state index contributed by atoms with van der Waals surface area (Å²) in [5.74, 6) is 0. The summed E-state index contributed by atoms with van der Waals surface area (Å²) < 4.78 is 57.9. The number of rotatable bonds is 1. The Hall–Kier alpha value is -0.860. The van der Waals surface area contributed by atoms with Crippen LogP contribution in [0.2, 0.25) is 5.02 Å². The third kappa shape index (κ3) is 2.80. The Kier molecular flexibility index (Phi) is 2.94. The minimum absolute atomic E-state index is 0.353. The highest BCUT2D eigenvalue weighted by Crippen LogP contribution is 2.31. The van der Waals surface area contributed by atoms with Gasteiger partial charge in [0, 0.05) is 6.20 Å². The molecule has 0 spiro atoms. The zero-order valence-electron chi connectivity index (χ0n) is 6.92. The quantitative estimate of drug-likeness (QED) is 0.829. The normalized spacial score (nSPS) is 12.9. The van der Waals surface area contributed by atoms with Crippen LogP contribution in [0.3, 0.4) is 0 Å². The van der Waals surface area contributed by atoms with Crippen LogP contribution in [0.15, 0.2) is 17.3 Å².